The Hall–Kier alpha value is -2.98. The number of alkyl halides is 3. The van der Waals surface area contributed by atoms with Crippen LogP contribution in [-0.4, -0.2) is 46.9 Å². The molecule has 0 N–H and O–H groups in total. The van der Waals surface area contributed by atoms with Crippen LogP contribution in [0.2, 0.25) is 0 Å². The van der Waals surface area contributed by atoms with Gasteiger partial charge >= 0.3 is 12.1 Å². The summed E-state index contributed by atoms with van der Waals surface area (Å²) >= 11 is 1.28. The number of hydrogen-bond acceptors (Lipinski definition) is 7. The Kier molecular flexibility index (Phi) is 9.27. The second-order valence-corrected chi connectivity index (χ2v) is 10.9. The van der Waals surface area contributed by atoms with Crippen LogP contribution in [0.25, 0.3) is 21.1 Å². The van der Waals surface area contributed by atoms with Gasteiger partial charge in [-0.1, -0.05) is 36.5 Å². The molecule has 1 fully saturated rings. The molecular formula is C29H34F3N3O3S. The van der Waals surface area contributed by atoms with Crippen LogP contribution in [-0.2, 0) is 28.7 Å². The summed E-state index contributed by atoms with van der Waals surface area (Å²) in [5.74, 6) is -0.343. The summed E-state index contributed by atoms with van der Waals surface area (Å²) in [6.07, 6.45) is -2.60. The van der Waals surface area contributed by atoms with E-state index in [9.17, 15) is 18.0 Å². The molecular weight excluding hydrogens is 527 g/mol. The Morgan fingerprint density at radius 2 is 1.82 bits per heavy atom. The summed E-state index contributed by atoms with van der Waals surface area (Å²) in [7, 11) is 0. The number of benzene rings is 2. The zero-order valence-electron chi connectivity index (χ0n) is 22.7. The molecule has 1 aliphatic heterocycles. The minimum absolute atomic E-state index is 0.0399. The smallest absolute Gasteiger partial charge is 0.419 e. The minimum atomic E-state index is -4.55. The van der Waals surface area contributed by atoms with Crippen molar-refractivity contribution >= 4 is 17.3 Å². The number of carbonyl (C=O) groups is 1. The molecule has 4 rings (SSSR count). The van der Waals surface area contributed by atoms with Crippen molar-refractivity contribution in [3.63, 3.8) is 0 Å². The third-order valence-electron chi connectivity index (χ3n) is 6.78. The van der Waals surface area contributed by atoms with Crippen LogP contribution in [0, 0.1) is 5.92 Å². The van der Waals surface area contributed by atoms with E-state index in [2.05, 4.69) is 28.1 Å². The van der Waals surface area contributed by atoms with Crippen LogP contribution in [0.5, 0.6) is 5.75 Å². The van der Waals surface area contributed by atoms with Gasteiger partial charge in [-0.25, -0.2) is 0 Å². The fourth-order valence-electron chi connectivity index (χ4n) is 4.92. The van der Waals surface area contributed by atoms with Crippen LogP contribution in [0.4, 0.5) is 13.2 Å². The number of nitrogens with zero attached hydrogens (tertiary/aromatic N) is 3. The van der Waals surface area contributed by atoms with Crippen LogP contribution in [0.15, 0.2) is 36.4 Å². The van der Waals surface area contributed by atoms with Gasteiger partial charge < -0.3 is 9.47 Å². The van der Waals surface area contributed by atoms with Crippen molar-refractivity contribution in [3.05, 3.63) is 53.1 Å². The van der Waals surface area contributed by atoms with Gasteiger partial charge in [0.1, 0.15) is 15.8 Å². The fraction of sp³-hybridized carbons (Fsp3) is 0.483. The van der Waals surface area contributed by atoms with Gasteiger partial charge in [0, 0.05) is 17.7 Å². The molecule has 3 aromatic rings. The lowest BCUT2D eigenvalue weighted by molar-refractivity contribution is -0.149. The highest BCUT2D eigenvalue weighted by Gasteiger charge is 2.35. The monoisotopic (exact) mass is 561 g/mol. The van der Waals surface area contributed by atoms with Crippen LogP contribution in [0.1, 0.15) is 57.2 Å². The zero-order chi connectivity index (χ0) is 28.2. The molecule has 2 heterocycles. The first kappa shape index (κ1) is 29.0. The zero-order valence-corrected chi connectivity index (χ0v) is 23.5. The van der Waals surface area contributed by atoms with Crippen LogP contribution >= 0.6 is 11.3 Å². The average Bonchev–Trinajstić information content (AvgIpc) is 3.38. The lowest BCUT2D eigenvalue weighted by Crippen LogP contribution is -2.36. The summed E-state index contributed by atoms with van der Waals surface area (Å²) < 4.78 is 51.8. The van der Waals surface area contributed by atoms with Crippen molar-refractivity contribution in [1.29, 1.82) is 0 Å². The number of rotatable bonds is 9. The summed E-state index contributed by atoms with van der Waals surface area (Å²) in [6, 6.07) is 10.1. The quantitative estimate of drug-likeness (QED) is 0.262. The van der Waals surface area contributed by atoms with Gasteiger partial charge in [0.05, 0.1) is 24.2 Å². The maximum Gasteiger partial charge on any atom is 0.419 e. The van der Waals surface area contributed by atoms with Crippen LogP contribution < -0.4 is 4.74 Å². The molecule has 0 atom stereocenters. The largest absolute Gasteiger partial charge is 0.490 e. The van der Waals surface area contributed by atoms with Crippen molar-refractivity contribution in [1.82, 2.24) is 15.1 Å². The van der Waals surface area contributed by atoms with E-state index in [4.69, 9.17) is 9.47 Å². The van der Waals surface area contributed by atoms with Crippen molar-refractivity contribution in [2.45, 2.75) is 65.8 Å². The second-order valence-electron chi connectivity index (χ2n) is 9.89. The molecule has 210 valence electrons. The molecule has 0 bridgehead atoms. The first-order valence-corrected chi connectivity index (χ1v) is 14.1. The van der Waals surface area contributed by atoms with E-state index in [0.717, 1.165) is 56.1 Å². The van der Waals surface area contributed by atoms with E-state index in [0.29, 0.717) is 22.2 Å². The van der Waals surface area contributed by atoms with Gasteiger partial charge in [0.15, 0.2) is 0 Å². The van der Waals surface area contributed by atoms with Gasteiger partial charge in [-0.05, 0) is 82.4 Å². The fourth-order valence-corrected chi connectivity index (χ4v) is 5.81. The highest BCUT2D eigenvalue weighted by Crippen LogP contribution is 2.41. The Balaban J connectivity index is 1.55. The predicted octanol–water partition coefficient (Wildman–Crippen LogP) is 7.02. The van der Waals surface area contributed by atoms with E-state index < -0.39 is 11.7 Å². The Labute approximate surface area is 231 Å². The predicted molar refractivity (Wildman–Crippen MR) is 146 cm³/mol. The Morgan fingerprint density at radius 3 is 2.46 bits per heavy atom. The van der Waals surface area contributed by atoms with Crippen molar-refractivity contribution in [3.8, 4) is 26.9 Å². The summed E-state index contributed by atoms with van der Waals surface area (Å²) in [4.78, 5) is 14.4. The van der Waals surface area contributed by atoms with Crippen molar-refractivity contribution in [2.75, 3.05) is 19.7 Å². The molecule has 39 heavy (non-hydrogen) atoms. The second kappa shape index (κ2) is 12.5. The lowest BCUT2D eigenvalue weighted by atomic mass is 9.95. The highest BCUT2D eigenvalue weighted by atomic mass is 32.1. The number of aromatic nitrogens is 2. The molecule has 2 aromatic carbocycles. The molecule has 6 nitrogen and oxygen atoms in total. The van der Waals surface area contributed by atoms with Crippen molar-refractivity contribution in [2.24, 2.45) is 5.92 Å². The molecule has 10 heteroatoms. The summed E-state index contributed by atoms with van der Waals surface area (Å²) in [5.41, 5.74) is 2.78. The molecule has 0 saturated carbocycles. The maximum absolute atomic E-state index is 13.8. The Bertz CT molecular complexity index is 1280. The van der Waals surface area contributed by atoms with E-state index in [-0.39, 0.29) is 23.7 Å². The van der Waals surface area contributed by atoms with E-state index >= 15 is 0 Å². The molecule has 0 spiro atoms. The van der Waals surface area contributed by atoms with Gasteiger partial charge in [-0.3, -0.25) is 9.69 Å². The number of halogens is 3. The van der Waals surface area contributed by atoms with E-state index in [1.54, 1.807) is 19.9 Å². The number of piperidine rings is 1. The van der Waals surface area contributed by atoms with Crippen molar-refractivity contribution < 1.29 is 27.4 Å². The van der Waals surface area contributed by atoms with Gasteiger partial charge in [0.25, 0.3) is 0 Å². The maximum atomic E-state index is 13.8. The molecule has 0 unspecified atom stereocenters. The first-order valence-electron chi connectivity index (χ1n) is 13.3. The minimum Gasteiger partial charge on any atom is -0.490 e. The van der Waals surface area contributed by atoms with E-state index in [1.807, 2.05) is 19.1 Å². The number of likely N-dealkylation sites (tertiary alicyclic amines) is 1. The van der Waals surface area contributed by atoms with Gasteiger partial charge in [0.2, 0.25) is 0 Å². The number of esters is 1. The molecule has 0 radical (unpaired) electrons. The van der Waals surface area contributed by atoms with Crippen LogP contribution in [0.3, 0.4) is 0 Å². The number of ether oxygens (including phenoxy) is 2. The Morgan fingerprint density at radius 1 is 1.10 bits per heavy atom. The standard InChI is InChI=1S/C29H34F3N3O3S/c1-5-22-21(17-35-14-12-19(13-15-35)28(36)37-6-2)8-7-9-23(22)27-34-33-26(39-27)20-10-11-25(38-18(3)4)24(16-20)29(30,31)32/h7-11,16,18-19H,5-6,12-15,17H2,1-4H3. The summed E-state index contributed by atoms with van der Waals surface area (Å²) in [5, 5.41) is 9.69. The normalized spacial score (nSPS) is 15.1. The molecule has 1 saturated heterocycles. The number of hydrogen-bond donors (Lipinski definition) is 0. The van der Waals surface area contributed by atoms with Gasteiger partial charge in [-0.15, -0.1) is 10.2 Å². The average molecular weight is 562 g/mol. The molecule has 0 aliphatic carbocycles. The molecule has 1 aliphatic rings. The molecule has 1 aromatic heterocycles. The first-order chi connectivity index (χ1) is 18.6. The number of carbonyl (C=O) groups excluding carboxylic acids is 1. The third-order valence-corrected chi connectivity index (χ3v) is 7.78. The highest BCUT2D eigenvalue weighted by molar-refractivity contribution is 7.17. The third kappa shape index (κ3) is 6.97. The van der Waals surface area contributed by atoms with Gasteiger partial charge in [-0.2, -0.15) is 13.2 Å². The topological polar surface area (TPSA) is 64.5 Å². The van der Waals surface area contributed by atoms with E-state index in [1.165, 1.54) is 23.0 Å². The SMILES string of the molecule is CCOC(=O)C1CCN(Cc2cccc(-c3nnc(-c4ccc(OC(C)C)c(C(F)(F)F)c4)s3)c2CC)CC1. The molecule has 0 amide bonds. The summed E-state index contributed by atoms with van der Waals surface area (Å²) in [6.45, 7) is 10.1. The lowest BCUT2D eigenvalue weighted by Gasteiger charge is -2.31.